The Bertz CT molecular complexity index is 5310. The van der Waals surface area contributed by atoms with E-state index in [0.29, 0.717) is 17.5 Å². The van der Waals surface area contributed by atoms with Gasteiger partial charge in [0.1, 0.15) is 11.4 Å². The summed E-state index contributed by atoms with van der Waals surface area (Å²) in [5, 5.41) is 9.27. The Hall–Kier alpha value is -11.2. The molecule has 0 N–H and O–H groups in total. The molecule has 0 unspecified atom stereocenters. The molecule has 0 aliphatic heterocycles. The number of hydrogen-bond donors (Lipinski definition) is 0. The first-order chi connectivity index (χ1) is 43.9. The largest absolute Gasteiger partial charge is 0.305 e. The van der Waals surface area contributed by atoms with Gasteiger partial charge in [-0.05, 0) is 158 Å². The summed E-state index contributed by atoms with van der Waals surface area (Å²) in [7, 11) is 0. The lowest BCUT2D eigenvalue weighted by atomic mass is 9.95. The van der Waals surface area contributed by atoms with Gasteiger partial charge in [-0.15, -0.1) is 0 Å². The molecular formula is C82H62N8. The first-order valence-corrected chi connectivity index (χ1v) is 31.0. The van der Waals surface area contributed by atoms with E-state index in [9.17, 15) is 0 Å². The highest BCUT2D eigenvalue weighted by molar-refractivity contribution is 6.17. The van der Waals surface area contributed by atoms with E-state index in [-0.39, 0.29) is 0 Å². The Kier molecular flexibility index (Phi) is 11.9. The molecule has 8 nitrogen and oxygen atoms in total. The minimum Gasteiger partial charge on any atom is -0.305 e. The summed E-state index contributed by atoms with van der Waals surface area (Å²) in [6.45, 7) is 17.6. The zero-order chi connectivity index (χ0) is 60.8. The highest BCUT2D eigenvalue weighted by atomic mass is 15.2. The van der Waals surface area contributed by atoms with Crippen LogP contribution in [0, 0.1) is 55.4 Å². The molecule has 0 saturated carbocycles. The monoisotopic (exact) mass is 1160 g/mol. The van der Waals surface area contributed by atoms with Crippen molar-refractivity contribution in [1.29, 1.82) is 0 Å². The molecule has 0 amide bonds. The van der Waals surface area contributed by atoms with Crippen LogP contribution in [0.4, 0.5) is 0 Å². The Morgan fingerprint density at radius 1 is 0.222 bits per heavy atom. The van der Waals surface area contributed by atoms with Crippen molar-refractivity contribution in [2.24, 2.45) is 0 Å². The number of pyridine rings is 1. The van der Waals surface area contributed by atoms with Crippen LogP contribution < -0.4 is 0 Å². The molecular weight excluding hydrogens is 1100 g/mol. The Balaban J connectivity index is 1.19. The van der Waals surface area contributed by atoms with Crippen LogP contribution in [0.15, 0.2) is 231 Å². The summed E-state index contributed by atoms with van der Waals surface area (Å²) < 4.78 is 9.99. The molecule has 8 heteroatoms. The number of rotatable bonds is 8. The van der Waals surface area contributed by atoms with Crippen molar-refractivity contribution >= 4 is 87.2 Å². The number of nitrogens with zero attached hydrogens (tertiary/aromatic N) is 8. The fourth-order valence-electron chi connectivity index (χ4n) is 14.3. The third-order valence-electron chi connectivity index (χ3n) is 18.4. The van der Waals surface area contributed by atoms with Gasteiger partial charge in [0.2, 0.25) is 0 Å². The summed E-state index contributed by atoms with van der Waals surface area (Å²) in [6.07, 6.45) is 0. The molecule has 0 aliphatic carbocycles. The fraction of sp³-hybridized carbons (Fsp3) is 0.0976. The number of benzene rings is 11. The lowest BCUT2D eigenvalue weighted by Crippen LogP contribution is -2.16. The van der Waals surface area contributed by atoms with Crippen molar-refractivity contribution in [1.82, 2.24) is 38.2 Å². The smallest absolute Gasteiger partial charge is 0.165 e. The van der Waals surface area contributed by atoms with Crippen LogP contribution in [-0.2, 0) is 0 Å². The maximum absolute atomic E-state index is 6.60. The zero-order valence-corrected chi connectivity index (χ0v) is 51.5. The van der Waals surface area contributed by atoms with Crippen molar-refractivity contribution < 1.29 is 0 Å². The van der Waals surface area contributed by atoms with Crippen LogP contribution in [-0.4, -0.2) is 38.2 Å². The molecule has 17 aromatic rings. The second-order valence-electron chi connectivity index (χ2n) is 24.9. The Morgan fingerprint density at radius 3 is 0.756 bits per heavy atom. The van der Waals surface area contributed by atoms with Gasteiger partial charge < -0.3 is 9.13 Å². The minimum absolute atomic E-state index is 0.544. The Morgan fingerprint density at radius 2 is 0.467 bits per heavy atom. The average molecular weight is 1160 g/mol. The summed E-state index contributed by atoms with van der Waals surface area (Å²) in [5.74, 6) is 3.23. The first kappa shape index (κ1) is 53.1. The predicted molar refractivity (Wildman–Crippen MR) is 375 cm³/mol. The van der Waals surface area contributed by atoms with Gasteiger partial charge in [0, 0.05) is 65.3 Å². The number of aromatic nitrogens is 8. The fourth-order valence-corrected chi connectivity index (χ4v) is 14.3. The molecule has 0 bridgehead atoms. The van der Waals surface area contributed by atoms with E-state index < -0.39 is 0 Å². The minimum atomic E-state index is 0.544. The molecule has 430 valence electrons. The van der Waals surface area contributed by atoms with E-state index in [4.69, 9.17) is 19.9 Å². The first-order valence-electron chi connectivity index (χ1n) is 31.0. The number of fused-ring (bicyclic) bond motifs is 12. The highest BCUT2D eigenvalue weighted by Crippen LogP contribution is 2.51. The highest BCUT2D eigenvalue weighted by Gasteiger charge is 2.34. The second-order valence-corrected chi connectivity index (χ2v) is 24.9. The zero-order valence-electron chi connectivity index (χ0n) is 51.5. The van der Waals surface area contributed by atoms with Gasteiger partial charge in [-0.1, -0.05) is 178 Å². The van der Waals surface area contributed by atoms with Gasteiger partial charge in [-0.25, -0.2) is 19.9 Å². The molecule has 0 aliphatic rings. The van der Waals surface area contributed by atoms with Gasteiger partial charge in [0.05, 0.1) is 44.1 Å². The van der Waals surface area contributed by atoms with E-state index in [1.807, 2.05) is 36.4 Å². The number of hydrogen-bond acceptors (Lipinski definition) is 4. The molecule has 6 heterocycles. The summed E-state index contributed by atoms with van der Waals surface area (Å²) in [5.41, 5.74) is 24.2. The van der Waals surface area contributed by atoms with Gasteiger partial charge >= 0.3 is 0 Å². The van der Waals surface area contributed by atoms with Gasteiger partial charge in [-0.3, -0.25) is 9.13 Å². The van der Waals surface area contributed by atoms with Crippen LogP contribution in [0.25, 0.3) is 156 Å². The van der Waals surface area contributed by atoms with Crippen LogP contribution in [0.3, 0.4) is 0 Å². The molecule has 0 atom stereocenters. The molecule has 0 fully saturated rings. The average Bonchev–Trinajstić information content (AvgIpc) is 1.45. The molecule has 90 heavy (non-hydrogen) atoms. The number of aryl methyl sites for hydroxylation is 8. The lowest BCUT2D eigenvalue weighted by molar-refractivity contribution is 0.960. The lowest BCUT2D eigenvalue weighted by Gasteiger charge is -2.27. The van der Waals surface area contributed by atoms with Gasteiger partial charge in [0.15, 0.2) is 29.1 Å². The second kappa shape index (κ2) is 20.2. The van der Waals surface area contributed by atoms with E-state index in [0.717, 1.165) is 138 Å². The quantitative estimate of drug-likeness (QED) is 0.152. The van der Waals surface area contributed by atoms with Crippen molar-refractivity contribution in [3.05, 3.63) is 275 Å². The molecule has 0 radical (unpaired) electrons. The van der Waals surface area contributed by atoms with E-state index in [1.165, 1.54) is 44.5 Å². The van der Waals surface area contributed by atoms with Crippen molar-refractivity contribution in [3.63, 3.8) is 0 Å². The molecule has 17 rings (SSSR count). The van der Waals surface area contributed by atoms with Gasteiger partial charge in [0.25, 0.3) is 0 Å². The van der Waals surface area contributed by atoms with E-state index >= 15 is 0 Å². The van der Waals surface area contributed by atoms with Crippen molar-refractivity contribution in [2.75, 3.05) is 0 Å². The maximum atomic E-state index is 6.60. The molecule has 0 spiro atoms. The van der Waals surface area contributed by atoms with Crippen LogP contribution >= 0.6 is 0 Å². The van der Waals surface area contributed by atoms with E-state index in [2.05, 4.69) is 268 Å². The predicted octanol–water partition coefficient (Wildman–Crippen LogP) is 20.8. The van der Waals surface area contributed by atoms with Crippen LogP contribution in [0.1, 0.15) is 44.5 Å². The van der Waals surface area contributed by atoms with Gasteiger partial charge in [-0.2, -0.15) is 0 Å². The maximum Gasteiger partial charge on any atom is 0.165 e. The van der Waals surface area contributed by atoms with Crippen LogP contribution in [0.5, 0.6) is 0 Å². The van der Waals surface area contributed by atoms with Crippen molar-refractivity contribution in [3.8, 4) is 68.3 Å². The summed E-state index contributed by atoms with van der Waals surface area (Å²) in [4.78, 5) is 23.0. The van der Waals surface area contributed by atoms with E-state index in [1.54, 1.807) is 0 Å². The molecule has 0 saturated heterocycles. The SMILES string of the molecule is Cc1ccc2c(c1)c1cc(C)ccc1n2-c1nc(-n2c3ccc(C)cc3c3cc(C)ccc32)c(-n2c3ccc(C)cc3c3cc(C)ccc32)c(-c2ccccc2-c2nc(-c3ccccc3)nc(-c3ccccc3)n2)c1-n1c2ccc(C)cc2c2cc(C)ccc21. The topological polar surface area (TPSA) is 71.3 Å². The molecule has 6 aromatic heterocycles. The third kappa shape index (κ3) is 8.21. The molecule has 11 aromatic carbocycles. The van der Waals surface area contributed by atoms with Crippen LogP contribution in [0.2, 0.25) is 0 Å². The van der Waals surface area contributed by atoms with Crippen molar-refractivity contribution in [2.45, 2.75) is 55.4 Å². The summed E-state index contributed by atoms with van der Waals surface area (Å²) >= 11 is 0. The summed E-state index contributed by atoms with van der Waals surface area (Å²) in [6, 6.07) is 84.7. The third-order valence-corrected chi connectivity index (χ3v) is 18.4. The Labute approximate surface area is 521 Å². The standard InChI is InChI=1S/C82H62N8/c1-47-23-31-67-59(39-47)60-40-48(2)24-32-68(60)87(67)76-75(57-21-15-16-22-58(57)80-84-78(55-17-11-9-12-18-55)83-79(85-80)56-19-13-10-14-20-56)77(88-69-33-25-49(3)41-61(69)62-42-50(4)26-34-70(62)88)82(90-73-37-29-53(7)45-65(73)66-46-54(8)30-38-74(66)90)86-81(76)89-71-35-27-51(5)43-63(71)64-44-52(6)28-36-72(64)89/h9-46H,1-8H3. The normalized spacial score (nSPS) is 12.0.